The molecule has 1 spiro atoms. The zero-order chi connectivity index (χ0) is 35.5. The van der Waals surface area contributed by atoms with Crippen LogP contribution in [0.25, 0.3) is 0 Å². The molecule has 262 valence electrons. The maximum Gasteiger partial charge on any atom is 0.303 e. The largest absolute Gasteiger partial charge is 0.497 e. The summed E-state index contributed by atoms with van der Waals surface area (Å²) in [5.74, 6) is 0.873. The molecule has 4 atom stereocenters. The fourth-order valence-corrected chi connectivity index (χ4v) is 15.0. The second kappa shape index (κ2) is 14.8. The standard InChI is InChI=1S/C40H53NO6Si2/c1-10-48(11-2,12-3)47-37-32(28-44-49(39(6,7)8,34-19-15-13-16-20-34)35-21-17-14-18-22-35)27-36(46-30(5)42)40(37)29(4)45-38(41-40)31-23-25-33(43-9)26-24-31/h13-27,29,36-37H,10-12,28H2,1-9H3/t29-,36+,37-,40-/m0/s1. The van der Waals surface area contributed by atoms with Gasteiger partial charge in [-0.1, -0.05) is 102 Å². The first-order valence-corrected chi connectivity index (χ1v) is 22.0. The summed E-state index contributed by atoms with van der Waals surface area (Å²) in [6.07, 6.45) is 0.394. The second-order valence-electron chi connectivity index (χ2n) is 14.3. The molecule has 0 saturated carbocycles. The van der Waals surface area contributed by atoms with E-state index in [0.717, 1.165) is 35.0 Å². The van der Waals surface area contributed by atoms with E-state index in [1.165, 1.54) is 17.3 Å². The van der Waals surface area contributed by atoms with E-state index in [2.05, 4.69) is 102 Å². The van der Waals surface area contributed by atoms with Crippen molar-refractivity contribution in [1.29, 1.82) is 0 Å². The number of carbonyl (C=O) groups excluding carboxylic acids is 1. The molecule has 0 unspecified atom stereocenters. The summed E-state index contributed by atoms with van der Waals surface area (Å²) < 4.78 is 33.1. The highest BCUT2D eigenvalue weighted by Gasteiger charge is 2.63. The van der Waals surface area contributed by atoms with E-state index >= 15 is 0 Å². The Hall–Kier alpha value is -3.51. The molecular weight excluding hydrogens is 647 g/mol. The van der Waals surface area contributed by atoms with Crippen LogP contribution in [0.1, 0.15) is 61.0 Å². The van der Waals surface area contributed by atoms with Crippen molar-refractivity contribution in [1.82, 2.24) is 0 Å². The third kappa shape index (κ3) is 6.83. The van der Waals surface area contributed by atoms with Crippen molar-refractivity contribution in [3.8, 4) is 5.75 Å². The first-order chi connectivity index (χ1) is 23.4. The number of rotatable bonds is 13. The molecule has 3 aromatic carbocycles. The van der Waals surface area contributed by atoms with Gasteiger partial charge in [-0.2, -0.15) is 0 Å². The number of ether oxygens (including phenoxy) is 3. The Morgan fingerprint density at radius 2 is 1.43 bits per heavy atom. The maximum atomic E-state index is 12.7. The molecule has 1 heterocycles. The monoisotopic (exact) mass is 699 g/mol. The van der Waals surface area contributed by atoms with Gasteiger partial charge in [-0.3, -0.25) is 4.79 Å². The van der Waals surface area contributed by atoms with E-state index in [1.807, 2.05) is 37.3 Å². The summed E-state index contributed by atoms with van der Waals surface area (Å²) in [6, 6.07) is 31.8. The van der Waals surface area contributed by atoms with Gasteiger partial charge in [0.25, 0.3) is 8.32 Å². The van der Waals surface area contributed by atoms with Crippen LogP contribution in [0, 0.1) is 0 Å². The van der Waals surface area contributed by atoms with Crippen molar-refractivity contribution in [2.75, 3.05) is 13.7 Å². The minimum absolute atomic E-state index is 0.212. The minimum atomic E-state index is -2.90. The summed E-state index contributed by atoms with van der Waals surface area (Å²) in [5, 5.41) is 2.19. The Labute approximate surface area is 295 Å². The highest BCUT2D eigenvalue weighted by atomic mass is 28.4. The average molecular weight is 700 g/mol. The molecule has 7 nitrogen and oxygen atoms in total. The van der Waals surface area contributed by atoms with Crippen LogP contribution in [0.15, 0.2) is 102 Å². The van der Waals surface area contributed by atoms with Gasteiger partial charge in [-0.05, 0) is 76.4 Å². The van der Waals surface area contributed by atoms with Crippen molar-refractivity contribution >= 4 is 38.9 Å². The number of methoxy groups -OCH3 is 1. The van der Waals surface area contributed by atoms with E-state index in [9.17, 15) is 4.79 Å². The molecule has 1 aliphatic heterocycles. The number of carbonyl (C=O) groups is 1. The van der Waals surface area contributed by atoms with Gasteiger partial charge in [0.2, 0.25) is 5.90 Å². The van der Waals surface area contributed by atoms with Gasteiger partial charge in [0.05, 0.1) is 13.7 Å². The van der Waals surface area contributed by atoms with Crippen LogP contribution in [0.2, 0.25) is 23.2 Å². The van der Waals surface area contributed by atoms with Gasteiger partial charge in [0.1, 0.15) is 18.0 Å². The summed E-state index contributed by atoms with van der Waals surface area (Å²) in [7, 11) is -3.49. The predicted octanol–water partition coefficient (Wildman–Crippen LogP) is 7.44. The Kier molecular flexibility index (Phi) is 11.1. The fourth-order valence-electron chi connectivity index (χ4n) is 7.65. The molecule has 0 aromatic heterocycles. The van der Waals surface area contributed by atoms with Gasteiger partial charge in [0.15, 0.2) is 20.0 Å². The van der Waals surface area contributed by atoms with Crippen LogP contribution in [0.5, 0.6) is 5.75 Å². The predicted molar refractivity (Wildman–Crippen MR) is 202 cm³/mol. The van der Waals surface area contributed by atoms with Gasteiger partial charge in [0, 0.05) is 12.5 Å². The Morgan fingerprint density at radius 1 is 0.878 bits per heavy atom. The molecule has 0 bridgehead atoms. The summed E-state index contributed by atoms with van der Waals surface area (Å²) in [4.78, 5) is 18.1. The molecule has 3 aromatic rings. The number of hydrogen-bond acceptors (Lipinski definition) is 7. The lowest BCUT2D eigenvalue weighted by Gasteiger charge is -2.44. The topological polar surface area (TPSA) is 75.6 Å². The van der Waals surface area contributed by atoms with Crippen molar-refractivity contribution in [2.45, 2.75) is 102 Å². The van der Waals surface area contributed by atoms with Gasteiger partial charge >= 0.3 is 5.97 Å². The lowest BCUT2D eigenvalue weighted by molar-refractivity contribution is -0.149. The number of hydrogen-bond donors (Lipinski definition) is 0. The summed E-state index contributed by atoms with van der Waals surface area (Å²) in [5.41, 5.74) is 0.747. The number of benzene rings is 3. The lowest BCUT2D eigenvalue weighted by atomic mass is 9.86. The second-order valence-corrected chi connectivity index (χ2v) is 23.3. The van der Waals surface area contributed by atoms with Crippen LogP contribution in [0.3, 0.4) is 0 Å². The van der Waals surface area contributed by atoms with E-state index in [1.54, 1.807) is 7.11 Å². The Balaban J connectivity index is 1.67. The molecule has 0 radical (unpaired) electrons. The van der Waals surface area contributed by atoms with Crippen molar-refractivity contribution < 1.29 is 27.9 Å². The molecule has 1 aliphatic carbocycles. The SMILES string of the molecule is CC[Si](CC)(CC)O[C@H]1C(CO[Si](c2ccccc2)(c2ccccc2)C(C)(C)C)=C[C@@H](OC(C)=O)[C@]12N=C(c1ccc(OC)cc1)O[C@H]2C. The van der Waals surface area contributed by atoms with E-state index in [-0.39, 0.29) is 11.0 Å². The molecule has 9 heteroatoms. The molecule has 0 amide bonds. The smallest absolute Gasteiger partial charge is 0.303 e. The summed E-state index contributed by atoms with van der Waals surface area (Å²) >= 11 is 0. The van der Waals surface area contributed by atoms with Crippen LogP contribution in [0.4, 0.5) is 0 Å². The van der Waals surface area contributed by atoms with Crippen LogP contribution < -0.4 is 15.1 Å². The molecule has 2 aliphatic rings. The molecule has 0 saturated heterocycles. The molecular formula is C40H53NO6Si2. The Bertz CT molecular complexity index is 1580. The van der Waals surface area contributed by atoms with Gasteiger partial charge < -0.3 is 23.1 Å². The third-order valence-corrected chi connectivity index (χ3v) is 20.2. The van der Waals surface area contributed by atoms with Crippen molar-refractivity contribution in [3.63, 3.8) is 0 Å². The summed E-state index contributed by atoms with van der Waals surface area (Å²) in [6.45, 7) is 17.3. The van der Waals surface area contributed by atoms with Crippen molar-refractivity contribution in [3.05, 3.63) is 102 Å². The van der Waals surface area contributed by atoms with Gasteiger partial charge in [-0.15, -0.1) is 0 Å². The van der Waals surface area contributed by atoms with Crippen molar-refractivity contribution in [2.24, 2.45) is 4.99 Å². The third-order valence-electron chi connectivity index (χ3n) is 10.6. The highest BCUT2D eigenvalue weighted by Crippen LogP contribution is 2.48. The minimum Gasteiger partial charge on any atom is -0.497 e. The normalized spacial score (nSPS) is 22.4. The van der Waals surface area contributed by atoms with Crippen LogP contribution in [-0.4, -0.2) is 66.1 Å². The highest BCUT2D eigenvalue weighted by molar-refractivity contribution is 6.99. The quantitative estimate of drug-likeness (QED) is 0.105. The molecule has 0 fully saturated rings. The van der Waals surface area contributed by atoms with Crippen LogP contribution >= 0.6 is 0 Å². The Morgan fingerprint density at radius 3 is 1.90 bits per heavy atom. The van der Waals surface area contributed by atoms with E-state index < -0.39 is 40.5 Å². The molecule has 5 rings (SSSR count). The molecule has 0 N–H and O–H groups in total. The number of nitrogens with zero attached hydrogens (tertiary/aromatic N) is 1. The zero-order valence-electron chi connectivity index (χ0n) is 30.6. The first kappa shape index (κ1) is 36.8. The molecule has 49 heavy (non-hydrogen) atoms. The average Bonchev–Trinajstić information content (AvgIpc) is 3.59. The van der Waals surface area contributed by atoms with Crippen LogP contribution in [-0.2, 0) is 23.1 Å². The number of esters is 1. The fraction of sp³-hybridized carbons (Fsp3) is 0.450. The first-order valence-electron chi connectivity index (χ1n) is 17.6. The zero-order valence-corrected chi connectivity index (χ0v) is 32.6. The van der Waals surface area contributed by atoms with E-state index in [4.69, 9.17) is 28.1 Å². The van der Waals surface area contributed by atoms with Gasteiger partial charge in [-0.25, -0.2) is 4.99 Å². The van der Waals surface area contributed by atoms with E-state index in [0.29, 0.717) is 12.5 Å². The maximum absolute atomic E-state index is 12.7. The number of aliphatic imine (C=N–C) groups is 1. The lowest BCUT2D eigenvalue weighted by Crippen LogP contribution is -2.67.